The van der Waals surface area contributed by atoms with E-state index in [4.69, 9.17) is 15.2 Å². The van der Waals surface area contributed by atoms with Gasteiger partial charge in [-0.3, -0.25) is 9.89 Å². The Bertz CT molecular complexity index is 515. The topological polar surface area (TPSA) is 72.1 Å². The number of hydrogen-bond acceptors (Lipinski definition) is 4. The Kier molecular flexibility index (Phi) is 5.13. The SMILES string of the molecule is NC(=NCCCN1CCOCC1)NC1COc2ccccc21. The number of para-hydroxylation sites is 1. The molecule has 0 radical (unpaired) electrons. The smallest absolute Gasteiger partial charge is 0.189 e. The standard InChI is InChI=1S/C16H24N4O2/c17-16(18-6-3-7-20-8-10-21-11-9-20)19-14-12-22-15-5-2-1-4-13(14)15/h1-2,4-5,14H,3,6-12H2,(H3,17,18,19). The van der Waals surface area contributed by atoms with Crippen LogP contribution in [0, 0.1) is 0 Å². The first kappa shape index (κ1) is 15.1. The molecule has 3 N–H and O–H groups in total. The molecule has 0 amide bonds. The molecule has 120 valence electrons. The molecule has 6 nitrogen and oxygen atoms in total. The third-order valence-corrected chi connectivity index (χ3v) is 4.04. The fourth-order valence-electron chi connectivity index (χ4n) is 2.82. The summed E-state index contributed by atoms with van der Waals surface area (Å²) in [6, 6.07) is 8.12. The van der Waals surface area contributed by atoms with Gasteiger partial charge in [0.05, 0.1) is 19.3 Å². The van der Waals surface area contributed by atoms with Gasteiger partial charge >= 0.3 is 0 Å². The van der Waals surface area contributed by atoms with Gasteiger partial charge in [0.15, 0.2) is 5.96 Å². The zero-order valence-electron chi connectivity index (χ0n) is 12.8. The fourth-order valence-corrected chi connectivity index (χ4v) is 2.82. The average Bonchev–Trinajstić information content (AvgIpc) is 2.96. The van der Waals surface area contributed by atoms with Crippen LogP contribution in [0.25, 0.3) is 0 Å². The number of fused-ring (bicyclic) bond motifs is 1. The van der Waals surface area contributed by atoms with Crippen LogP contribution in [-0.4, -0.2) is 56.9 Å². The van der Waals surface area contributed by atoms with Crippen molar-refractivity contribution >= 4 is 5.96 Å². The van der Waals surface area contributed by atoms with Crippen LogP contribution < -0.4 is 15.8 Å². The van der Waals surface area contributed by atoms with Crippen LogP contribution in [0.5, 0.6) is 5.75 Å². The zero-order chi connectivity index (χ0) is 15.2. The van der Waals surface area contributed by atoms with Crippen LogP contribution in [0.1, 0.15) is 18.0 Å². The number of nitrogens with one attached hydrogen (secondary N) is 1. The first-order valence-corrected chi connectivity index (χ1v) is 7.91. The quantitative estimate of drug-likeness (QED) is 0.477. The Hall–Kier alpha value is -1.79. The highest BCUT2D eigenvalue weighted by atomic mass is 16.5. The average molecular weight is 304 g/mol. The molecule has 0 aliphatic carbocycles. The molecule has 1 unspecified atom stereocenters. The van der Waals surface area contributed by atoms with Gasteiger partial charge in [0.2, 0.25) is 0 Å². The van der Waals surface area contributed by atoms with E-state index in [1.54, 1.807) is 0 Å². The fraction of sp³-hybridized carbons (Fsp3) is 0.562. The van der Waals surface area contributed by atoms with Gasteiger partial charge in [0, 0.05) is 31.7 Å². The number of hydrogen-bond donors (Lipinski definition) is 2. The second-order valence-corrected chi connectivity index (χ2v) is 5.62. The van der Waals surface area contributed by atoms with E-state index in [1.807, 2.05) is 18.2 Å². The molecule has 2 aliphatic rings. The lowest BCUT2D eigenvalue weighted by Gasteiger charge is -2.26. The van der Waals surface area contributed by atoms with E-state index >= 15 is 0 Å². The molecule has 1 fully saturated rings. The number of morpholine rings is 1. The molecule has 1 aromatic rings. The van der Waals surface area contributed by atoms with Gasteiger partial charge in [0.25, 0.3) is 0 Å². The molecule has 1 aromatic carbocycles. The van der Waals surface area contributed by atoms with Crippen molar-refractivity contribution in [1.29, 1.82) is 0 Å². The third kappa shape index (κ3) is 3.90. The minimum absolute atomic E-state index is 0.0965. The van der Waals surface area contributed by atoms with Crippen molar-refractivity contribution in [3.63, 3.8) is 0 Å². The van der Waals surface area contributed by atoms with E-state index in [9.17, 15) is 0 Å². The number of nitrogens with two attached hydrogens (primary N) is 1. The summed E-state index contributed by atoms with van der Waals surface area (Å²) < 4.78 is 11.0. The maximum atomic E-state index is 5.98. The van der Waals surface area contributed by atoms with E-state index in [0.717, 1.165) is 57.1 Å². The van der Waals surface area contributed by atoms with E-state index in [-0.39, 0.29) is 6.04 Å². The predicted octanol–water partition coefficient (Wildman–Crippen LogP) is 0.747. The van der Waals surface area contributed by atoms with Crippen LogP contribution in [0.2, 0.25) is 0 Å². The molecule has 0 bridgehead atoms. The molecular weight excluding hydrogens is 280 g/mol. The molecule has 1 atom stereocenters. The minimum Gasteiger partial charge on any atom is -0.491 e. The molecule has 2 aliphatic heterocycles. The Morgan fingerprint density at radius 1 is 1.32 bits per heavy atom. The first-order chi connectivity index (χ1) is 10.8. The predicted molar refractivity (Wildman–Crippen MR) is 86.2 cm³/mol. The summed E-state index contributed by atoms with van der Waals surface area (Å²) in [5.41, 5.74) is 7.13. The molecular formula is C16H24N4O2. The number of nitrogens with zero attached hydrogens (tertiary/aromatic N) is 2. The van der Waals surface area contributed by atoms with Gasteiger partial charge in [-0.1, -0.05) is 18.2 Å². The van der Waals surface area contributed by atoms with Gasteiger partial charge in [0.1, 0.15) is 12.4 Å². The summed E-state index contributed by atoms with van der Waals surface area (Å²) >= 11 is 0. The lowest BCUT2D eigenvalue weighted by atomic mass is 10.1. The molecule has 22 heavy (non-hydrogen) atoms. The maximum Gasteiger partial charge on any atom is 0.189 e. The molecule has 0 saturated carbocycles. The van der Waals surface area contributed by atoms with E-state index in [2.05, 4.69) is 21.3 Å². The van der Waals surface area contributed by atoms with Crippen LogP contribution in [0.4, 0.5) is 0 Å². The Morgan fingerprint density at radius 2 is 2.14 bits per heavy atom. The van der Waals surface area contributed by atoms with Gasteiger partial charge < -0.3 is 20.5 Å². The Balaban J connectivity index is 1.41. The number of aliphatic imine (C=N–C) groups is 1. The normalized spacial score (nSPS) is 22.2. The van der Waals surface area contributed by atoms with E-state index in [1.165, 1.54) is 0 Å². The molecule has 6 heteroatoms. The van der Waals surface area contributed by atoms with Crippen molar-refractivity contribution in [3.8, 4) is 5.75 Å². The van der Waals surface area contributed by atoms with Gasteiger partial charge in [-0.05, 0) is 12.5 Å². The lowest BCUT2D eigenvalue weighted by Crippen LogP contribution is -2.37. The van der Waals surface area contributed by atoms with E-state index in [0.29, 0.717) is 12.6 Å². The third-order valence-electron chi connectivity index (χ3n) is 4.04. The lowest BCUT2D eigenvalue weighted by molar-refractivity contribution is 0.0377. The highest BCUT2D eigenvalue weighted by Crippen LogP contribution is 2.31. The molecule has 0 aromatic heterocycles. The first-order valence-electron chi connectivity index (χ1n) is 7.91. The highest BCUT2D eigenvalue weighted by Gasteiger charge is 2.23. The summed E-state index contributed by atoms with van der Waals surface area (Å²) in [5, 5.41) is 3.24. The van der Waals surface area contributed by atoms with Crippen molar-refractivity contribution < 1.29 is 9.47 Å². The van der Waals surface area contributed by atoms with Crippen molar-refractivity contribution in [1.82, 2.24) is 10.2 Å². The van der Waals surface area contributed by atoms with Crippen LogP contribution in [0.3, 0.4) is 0 Å². The molecule has 3 rings (SSSR count). The minimum atomic E-state index is 0.0965. The van der Waals surface area contributed by atoms with Crippen LogP contribution >= 0.6 is 0 Å². The zero-order valence-corrected chi connectivity index (χ0v) is 12.8. The summed E-state index contributed by atoms with van der Waals surface area (Å²) in [6.07, 6.45) is 1.01. The summed E-state index contributed by atoms with van der Waals surface area (Å²) in [6.45, 7) is 6.12. The largest absolute Gasteiger partial charge is 0.491 e. The molecule has 1 saturated heterocycles. The van der Waals surface area contributed by atoms with Crippen molar-refractivity contribution in [2.24, 2.45) is 10.7 Å². The Morgan fingerprint density at radius 3 is 3.00 bits per heavy atom. The molecule has 0 spiro atoms. The van der Waals surface area contributed by atoms with Gasteiger partial charge in [-0.2, -0.15) is 0 Å². The second-order valence-electron chi connectivity index (χ2n) is 5.62. The van der Waals surface area contributed by atoms with Gasteiger partial charge in [-0.15, -0.1) is 0 Å². The van der Waals surface area contributed by atoms with Crippen molar-refractivity contribution in [2.75, 3.05) is 46.0 Å². The molecule has 2 heterocycles. The Labute approximate surface area is 131 Å². The second kappa shape index (κ2) is 7.47. The van der Waals surface area contributed by atoms with Crippen molar-refractivity contribution in [2.45, 2.75) is 12.5 Å². The summed E-state index contributed by atoms with van der Waals surface area (Å²) in [5.74, 6) is 1.42. The number of rotatable bonds is 5. The number of ether oxygens (including phenoxy) is 2. The highest BCUT2D eigenvalue weighted by molar-refractivity contribution is 5.78. The van der Waals surface area contributed by atoms with Crippen LogP contribution in [-0.2, 0) is 4.74 Å². The summed E-state index contributed by atoms with van der Waals surface area (Å²) in [7, 11) is 0. The van der Waals surface area contributed by atoms with Crippen LogP contribution in [0.15, 0.2) is 29.3 Å². The monoisotopic (exact) mass is 304 g/mol. The van der Waals surface area contributed by atoms with E-state index < -0.39 is 0 Å². The maximum absolute atomic E-state index is 5.98. The number of guanidine groups is 1. The van der Waals surface area contributed by atoms with Gasteiger partial charge in [-0.25, -0.2) is 0 Å². The summed E-state index contributed by atoms with van der Waals surface area (Å²) in [4.78, 5) is 6.82. The number of benzene rings is 1. The van der Waals surface area contributed by atoms with Crippen molar-refractivity contribution in [3.05, 3.63) is 29.8 Å².